The van der Waals surface area contributed by atoms with E-state index in [1.165, 1.54) is 0 Å². The van der Waals surface area contributed by atoms with Crippen molar-refractivity contribution >= 4 is 23.2 Å². The highest BCUT2D eigenvalue weighted by atomic mass is 16.5. The Hall–Kier alpha value is -4.18. The van der Waals surface area contributed by atoms with Crippen LogP contribution in [0.1, 0.15) is 11.1 Å². The minimum absolute atomic E-state index is 0.583. The third-order valence-electron chi connectivity index (χ3n) is 4.96. The summed E-state index contributed by atoms with van der Waals surface area (Å²) in [7, 11) is 3.28. The largest absolute Gasteiger partial charge is 0.481 e. The number of nitrogens with zero attached hydrogens (tertiary/aromatic N) is 2. The van der Waals surface area contributed by atoms with Gasteiger partial charge in [-0.3, -0.25) is 0 Å². The van der Waals surface area contributed by atoms with Crippen LogP contribution in [-0.4, -0.2) is 26.0 Å². The van der Waals surface area contributed by atoms with Crippen LogP contribution in [0.3, 0.4) is 0 Å². The van der Waals surface area contributed by atoms with Gasteiger partial charge in [0, 0.05) is 11.1 Å². The van der Waals surface area contributed by atoms with Crippen LogP contribution in [0.15, 0.2) is 119 Å². The first-order valence-electron chi connectivity index (χ1n) is 10.3. The summed E-state index contributed by atoms with van der Waals surface area (Å²) in [6, 6.07) is 35.9. The third-order valence-corrected chi connectivity index (χ3v) is 4.96. The SMILES string of the molecule is COC(=Nc1ccccc1)c1ccc(-c2ccc(C(=Nc3ccccc3)OC)cc2)cc1. The smallest absolute Gasteiger partial charge is 0.220 e. The topological polar surface area (TPSA) is 43.2 Å². The van der Waals surface area contributed by atoms with Gasteiger partial charge in [0.2, 0.25) is 11.8 Å². The van der Waals surface area contributed by atoms with Gasteiger partial charge >= 0.3 is 0 Å². The van der Waals surface area contributed by atoms with E-state index >= 15 is 0 Å². The molecule has 0 radical (unpaired) electrons. The van der Waals surface area contributed by atoms with E-state index in [4.69, 9.17) is 9.47 Å². The van der Waals surface area contributed by atoms with Crippen molar-refractivity contribution in [3.8, 4) is 11.1 Å². The van der Waals surface area contributed by atoms with Gasteiger partial charge in [0.05, 0.1) is 25.6 Å². The molecule has 0 fully saturated rings. The molecule has 0 aliphatic carbocycles. The third kappa shape index (κ3) is 5.10. The average molecular weight is 421 g/mol. The summed E-state index contributed by atoms with van der Waals surface area (Å²) in [6.07, 6.45) is 0. The van der Waals surface area contributed by atoms with E-state index in [0.717, 1.165) is 33.6 Å². The van der Waals surface area contributed by atoms with Gasteiger partial charge in [0.15, 0.2) is 0 Å². The summed E-state index contributed by atoms with van der Waals surface area (Å²) in [5, 5.41) is 0. The van der Waals surface area contributed by atoms with Crippen molar-refractivity contribution in [3.05, 3.63) is 120 Å². The van der Waals surface area contributed by atoms with Crippen molar-refractivity contribution in [3.63, 3.8) is 0 Å². The summed E-state index contributed by atoms with van der Waals surface area (Å²) >= 11 is 0. The molecule has 158 valence electrons. The molecular weight excluding hydrogens is 396 g/mol. The van der Waals surface area contributed by atoms with Gasteiger partial charge in [-0.15, -0.1) is 0 Å². The Morgan fingerprint density at radius 3 is 1.12 bits per heavy atom. The van der Waals surface area contributed by atoms with Crippen molar-refractivity contribution in [1.29, 1.82) is 0 Å². The second kappa shape index (κ2) is 10.2. The first-order chi connectivity index (χ1) is 15.8. The fourth-order valence-electron chi connectivity index (χ4n) is 3.31. The van der Waals surface area contributed by atoms with Crippen molar-refractivity contribution in [1.82, 2.24) is 0 Å². The Bertz CT molecular complexity index is 1100. The lowest BCUT2D eigenvalue weighted by molar-refractivity contribution is 0.405. The lowest BCUT2D eigenvalue weighted by Crippen LogP contribution is -2.03. The predicted octanol–water partition coefficient (Wildman–Crippen LogP) is 6.80. The molecule has 0 N–H and O–H groups in total. The van der Waals surface area contributed by atoms with Crippen molar-refractivity contribution in [2.45, 2.75) is 0 Å². The molecule has 0 aromatic heterocycles. The van der Waals surface area contributed by atoms with Gasteiger partial charge in [-0.2, -0.15) is 0 Å². The lowest BCUT2D eigenvalue weighted by Gasteiger charge is -2.09. The number of methoxy groups -OCH3 is 2. The summed E-state index contributed by atoms with van der Waals surface area (Å²) < 4.78 is 11.0. The minimum atomic E-state index is 0.583. The Kier molecular flexibility index (Phi) is 6.73. The molecule has 4 aromatic rings. The second-order valence-electron chi connectivity index (χ2n) is 7.07. The number of hydrogen-bond donors (Lipinski definition) is 0. The molecule has 0 spiro atoms. The molecular formula is C28H24N2O2. The first-order valence-corrected chi connectivity index (χ1v) is 10.3. The molecule has 32 heavy (non-hydrogen) atoms. The fourth-order valence-corrected chi connectivity index (χ4v) is 3.31. The molecule has 4 nitrogen and oxygen atoms in total. The van der Waals surface area contributed by atoms with E-state index in [0.29, 0.717) is 11.8 Å². The zero-order valence-corrected chi connectivity index (χ0v) is 18.1. The van der Waals surface area contributed by atoms with E-state index in [1.807, 2.05) is 84.9 Å². The number of hydrogen-bond acceptors (Lipinski definition) is 4. The van der Waals surface area contributed by atoms with Crippen LogP contribution in [0.5, 0.6) is 0 Å². The van der Waals surface area contributed by atoms with Crippen LogP contribution in [0.4, 0.5) is 11.4 Å². The molecule has 0 bridgehead atoms. The standard InChI is InChI=1S/C28H24N2O2/c1-31-27(29-25-9-5-3-6-10-25)23-17-13-21(14-18-23)22-15-19-24(20-16-22)28(32-2)30-26-11-7-4-8-12-26/h3-20H,1-2H3. The number of ether oxygens (including phenoxy) is 2. The van der Waals surface area contributed by atoms with Gasteiger partial charge in [0.1, 0.15) is 0 Å². The van der Waals surface area contributed by atoms with E-state index in [-0.39, 0.29) is 0 Å². The van der Waals surface area contributed by atoms with Gasteiger partial charge in [0.25, 0.3) is 0 Å². The van der Waals surface area contributed by atoms with Crippen LogP contribution < -0.4 is 0 Å². The molecule has 0 saturated carbocycles. The number of aliphatic imine (C=N–C) groups is 2. The van der Waals surface area contributed by atoms with Crippen molar-refractivity contribution in [2.24, 2.45) is 9.98 Å². The van der Waals surface area contributed by atoms with Crippen LogP contribution in [0, 0.1) is 0 Å². The molecule has 0 aliphatic heterocycles. The molecule has 0 heterocycles. The molecule has 0 saturated heterocycles. The molecule has 0 atom stereocenters. The fraction of sp³-hybridized carbons (Fsp3) is 0.0714. The second-order valence-corrected chi connectivity index (χ2v) is 7.07. The maximum Gasteiger partial charge on any atom is 0.220 e. The van der Waals surface area contributed by atoms with E-state index in [1.54, 1.807) is 14.2 Å². The van der Waals surface area contributed by atoms with Gasteiger partial charge < -0.3 is 9.47 Å². The maximum atomic E-state index is 5.51. The van der Waals surface area contributed by atoms with Crippen LogP contribution in [-0.2, 0) is 9.47 Å². The molecule has 0 amide bonds. The molecule has 4 rings (SSSR count). The normalized spacial score (nSPS) is 11.8. The minimum Gasteiger partial charge on any atom is -0.481 e. The number of rotatable bonds is 5. The highest BCUT2D eigenvalue weighted by Gasteiger charge is 2.07. The summed E-state index contributed by atoms with van der Waals surface area (Å²) in [6.45, 7) is 0. The number of para-hydroxylation sites is 2. The van der Waals surface area contributed by atoms with E-state index in [9.17, 15) is 0 Å². The summed E-state index contributed by atoms with van der Waals surface area (Å²) in [5.74, 6) is 1.17. The monoisotopic (exact) mass is 420 g/mol. The Morgan fingerprint density at radius 2 is 0.812 bits per heavy atom. The van der Waals surface area contributed by atoms with Gasteiger partial charge in [-0.25, -0.2) is 9.98 Å². The summed E-state index contributed by atoms with van der Waals surface area (Å²) in [4.78, 5) is 9.18. The van der Waals surface area contributed by atoms with E-state index in [2.05, 4.69) is 34.3 Å². The average Bonchev–Trinajstić information content (AvgIpc) is 2.87. The predicted molar refractivity (Wildman–Crippen MR) is 131 cm³/mol. The highest BCUT2D eigenvalue weighted by Crippen LogP contribution is 2.23. The Balaban J connectivity index is 1.54. The summed E-state index contributed by atoms with van der Waals surface area (Å²) in [5.41, 5.74) is 5.77. The molecule has 0 unspecified atom stereocenters. The van der Waals surface area contributed by atoms with Crippen LogP contribution in [0.2, 0.25) is 0 Å². The van der Waals surface area contributed by atoms with Crippen molar-refractivity contribution in [2.75, 3.05) is 14.2 Å². The van der Waals surface area contributed by atoms with Gasteiger partial charge in [-0.1, -0.05) is 60.7 Å². The Morgan fingerprint density at radius 1 is 0.469 bits per heavy atom. The lowest BCUT2D eigenvalue weighted by atomic mass is 10.0. The Labute approximate surface area is 188 Å². The van der Waals surface area contributed by atoms with Crippen LogP contribution >= 0.6 is 0 Å². The van der Waals surface area contributed by atoms with E-state index < -0.39 is 0 Å². The van der Waals surface area contributed by atoms with Gasteiger partial charge in [-0.05, 0) is 59.7 Å². The zero-order chi connectivity index (χ0) is 22.2. The zero-order valence-electron chi connectivity index (χ0n) is 18.1. The molecule has 0 aliphatic rings. The quantitative estimate of drug-likeness (QED) is 0.263. The molecule has 4 heteroatoms. The first kappa shape index (κ1) is 21.1. The number of benzene rings is 4. The highest BCUT2D eigenvalue weighted by molar-refractivity contribution is 5.97. The molecule has 4 aromatic carbocycles. The van der Waals surface area contributed by atoms with Crippen molar-refractivity contribution < 1.29 is 9.47 Å². The van der Waals surface area contributed by atoms with Crippen LogP contribution in [0.25, 0.3) is 11.1 Å². The maximum absolute atomic E-state index is 5.51.